The molecule has 8 heteroatoms. The van der Waals surface area contributed by atoms with E-state index in [1.54, 1.807) is 7.05 Å². The van der Waals surface area contributed by atoms with Gasteiger partial charge in [-0.05, 0) is 26.1 Å². The molecule has 0 bridgehead atoms. The summed E-state index contributed by atoms with van der Waals surface area (Å²) >= 11 is 0. The van der Waals surface area contributed by atoms with Crippen molar-refractivity contribution in [3.05, 3.63) is 6.20 Å². The van der Waals surface area contributed by atoms with Crippen LogP contribution in [0.2, 0.25) is 0 Å². The second-order valence-electron chi connectivity index (χ2n) is 4.93. The number of hydrogen-bond donors (Lipinski definition) is 1. The second kappa shape index (κ2) is 7.77. The van der Waals surface area contributed by atoms with E-state index in [2.05, 4.69) is 23.8 Å². The van der Waals surface area contributed by atoms with Crippen LogP contribution in [0.25, 0.3) is 0 Å². The van der Waals surface area contributed by atoms with Gasteiger partial charge in [0.05, 0.1) is 0 Å². The van der Waals surface area contributed by atoms with Crippen molar-refractivity contribution in [3.63, 3.8) is 0 Å². The molecule has 122 valence electrons. The third kappa shape index (κ3) is 4.42. The zero-order valence-electron chi connectivity index (χ0n) is 13.4. The van der Waals surface area contributed by atoms with Crippen molar-refractivity contribution in [2.75, 3.05) is 38.5 Å². The molecular weight excluding hydrogens is 290 g/mol. The molecule has 1 heterocycles. The number of hydrogen-bond acceptors (Lipinski definition) is 5. The Kier molecular flexibility index (Phi) is 6.63. The molecule has 1 rings (SSSR count). The summed E-state index contributed by atoms with van der Waals surface area (Å²) in [5.41, 5.74) is 5.69. The van der Waals surface area contributed by atoms with Crippen LogP contribution in [0.15, 0.2) is 11.1 Å². The van der Waals surface area contributed by atoms with Crippen LogP contribution < -0.4 is 5.73 Å². The minimum absolute atomic E-state index is 0.0553. The molecule has 0 fully saturated rings. The maximum atomic E-state index is 12.6. The van der Waals surface area contributed by atoms with Crippen LogP contribution in [-0.2, 0) is 17.1 Å². The summed E-state index contributed by atoms with van der Waals surface area (Å²) in [6.45, 7) is 9.81. The van der Waals surface area contributed by atoms with Gasteiger partial charge < -0.3 is 10.6 Å². The first-order valence-electron chi connectivity index (χ1n) is 7.38. The summed E-state index contributed by atoms with van der Waals surface area (Å²) in [7, 11) is -1.91. The quantitative estimate of drug-likeness (QED) is 0.726. The molecule has 0 aliphatic rings. The molecule has 0 atom stereocenters. The molecule has 0 saturated carbocycles. The molecule has 0 radical (unpaired) electrons. The standard InChI is InChI=1S/C13H27N5O2S/c1-5-17(6-2)9-8-10-18(7-3)21(19,20)12-11-16(4)15-13(12)14/h11H,5-10H2,1-4H3,(H2,14,15). The summed E-state index contributed by atoms with van der Waals surface area (Å²) in [5.74, 6) is 0.0553. The lowest BCUT2D eigenvalue weighted by atomic mass is 10.3. The van der Waals surface area contributed by atoms with Crippen molar-refractivity contribution >= 4 is 15.8 Å². The molecule has 1 aromatic rings. The van der Waals surface area contributed by atoms with Gasteiger partial charge in [-0.3, -0.25) is 4.68 Å². The molecule has 7 nitrogen and oxygen atoms in total. The predicted octanol–water partition coefficient (Wildman–Crippen LogP) is 0.745. The fourth-order valence-corrected chi connectivity index (χ4v) is 3.86. The van der Waals surface area contributed by atoms with E-state index in [9.17, 15) is 8.42 Å². The molecule has 0 aliphatic heterocycles. The average molecular weight is 317 g/mol. The lowest BCUT2D eigenvalue weighted by molar-refractivity contribution is 0.285. The maximum Gasteiger partial charge on any atom is 0.248 e. The van der Waals surface area contributed by atoms with Gasteiger partial charge in [0, 0.05) is 26.3 Å². The number of aryl methyl sites for hydroxylation is 1. The van der Waals surface area contributed by atoms with Gasteiger partial charge in [0.15, 0.2) is 5.82 Å². The lowest BCUT2D eigenvalue weighted by Crippen LogP contribution is -2.34. The minimum Gasteiger partial charge on any atom is -0.381 e. The van der Waals surface area contributed by atoms with Gasteiger partial charge in [-0.1, -0.05) is 20.8 Å². The van der Waals surface area contributed by atoms with Crippen LogP contribution in [0.4, 0.5) is 5.82 Å². The Balaban J connectivity index is 2.77. The van der Waals surface area contributed by atoms with E-state index in [-0.39, 0.29) is 10.7 Å². The molecule has 0 spiro atoms. The van der Waals surface area contributed by atoms with E-state index in [1.165, 1.54) is 15.2 Å². The van der Waals surface area contributed by atoms with E-state index < -0.39 is 10.0 Å². The summed E-state index contributed by atoms with van der Waals surface area (Å²) in [4.78, 5) is 2.37. The highest BCUT2D eigenvalue weighted by Crippen LogP contribution is 2.20. The zero-order chi connectivity index (χ0) is 16.0. The Morgan fingerprint density at radius 2 is 1.81 bits per heavy atom. The van der Waals surface area contributed by atoms with Crippen LogP contribution in [0.1, 0.15) is 27.2 Å². The second-order valence-corrected chi connectivity index (χ2v) is 6.84. The van der Waals surface area contributed by atoms with Gasteiger partial charge in [0.2, 0.25) is 10.0 Å². The number of rotatable bonds is 9. The first-order valence-corrected chi connectivity index (χ1v) is 8.82. The van der Waals surface area contributed by atoms with Crippen LogP contribution in [0.3, 0.4) is 0 Å². The molecule has 0 aliphatic carbocycles. The molecule has 1 aromatic heterocycles. The lowest BCUT2D eigenvalue weighted by Gasteiger charge is -2.22. The van der Waals surface area contributed by atoms with Crippen LogP contribution in [0.5, 0.6) is 0 Å². The monoisotopic (exact) mass is 317 g/mol. The summed E-state index contributed by atoms with van der Waals surface area (Å²) in [6.07, 6.45) is 2.26. The SMILES string of the molecule is CCN(CC)CCCN(CC)S(=O)(=O)c1cn(C)nc1N. The van der Waals surface area contributed by atoms with Crippen LogP contribution in [-0.4, -0.2) is 60.1 Å². The number of nitrogens with two attached hydrogens (primary N) is 1. The normalized spacial score (nSPS) is 12.5. The fraction of sp³-hybridized carbons (Fsp3) is 0.769. The molecule has 2 N–H and O–H groups in total. The van der Waals surface area contributed by atoms with E-state index in [0.717, 1.165) is 26.1 Å². The Labute approximate surface area is 127 Å². The molecule has 0 unspecified atom stereocenters. The highest BCUT2D eigenvalue weighted by molar-refractivity contribution is 7.89. The van der Waals surface area contributed by atoms with Crippen LogP contribution in [0, 0.1) is 0 Å². The minimum atomic E-state index is -3.57. The fourth-order valence-electron chi connectivity index (χ4n) is 2.28. The van der Waals surface area contributed by atoms with Gasteiger partial charge in [-0.25, -0.2) is 8.42 Å². The Bertz CT molecular complexity index is 537. The number of sulfonamides is 1. The van der Waals surface area contributed by atoms with E-state index >= 15 is 0 Å². The van der Waals surface area contributed by atoms with Gasteiger partial charge in [-0.2, -0.15) is 9.40 Å². The predicted molar refractivity (Wildman–Crippen MR) is 84.5 cm³/mol. The average Bonchev–Trinajstić information content (AvgIpc) is 2.78. The molecular formula is C13H27N5O2S. The number of anilines is 1. The molecule has 0 amide bonds. The third-order valence-electron chi connectivity index (χ3n) is 3.57. The third-order valence-corrected chi connectivity index (χ3v) is 5.56. The summed E-state index contributed by atoms with van der Waals surface area (Å²) in [6, 6.07) is 0. The molecule has 0 aromatic carbocycles. The van der Waals surface area contributed by atoms with Crippen molar-refractivity contribution in [1.82, 2.24) is 19.0 Å². The van der Waals surface area contributed by atoms with Gasteiger partial charge in [0.25, 0.3) is 0 Å². The Morgan fingerprint density at radius 3 is 2.24 bits per heavy atom. The van der Waals surface area contributed by atoms with E-state index in [4.69, 9.17) is 5.73 Å². The van der Waals surface area contributed by atoms with Gasteiger partial charge >= 0.3 is 0 Å². The highest BCUT2D eigenvalue weighted by atomic mass is 32.2. The van der Waals surface area contributed by atoms with Gasteiger partial charge in [0.1, 0.15) is 4.90 Å². The molecule has 21 heavy (non-hydrogen) atoms. The van der Waals surface area contributed by atoms with Crippen molar-refractivity contribution in [2.24, 2.45) is 7.05 Å². The van der Waals surface area contributed by atoms with Crippen molar-refractivity contribution in [2.45, 2.75) is 32.1 Å². The summed E-state index contributed by atoms with van der Waals surface area (Å²) in [5, 5.41) is 3.91. The number of aromatic nitrogens is 2. The summed E-state index contributed by atoms with van der Waals surface area (Å²) < 4.78 is 28.1. The van der Waals surface area contributed by atoms with Crippen molar-refractivity contribution < 1.29 is 8.42 Å². The van der Waals surface area contributed by atoms with Crippen molar-refractivity contribution in [1.29, 1.82) is 0 Å². The van der Waals surface area contributed by atoms with E-state index in [0.29, 0.717) is 13.1 Å². The smallest absolute Gasteiger partial charge is 0.248 e. The highest BCUT2D eigenvalue weighted by Gasteiger charge is 2.27. The largest absolute Gasteiger partial charge is 0.381 e. The van der Waals surface area contributed by atoms with Crippen molar-refractivity contribution in [3.8, 4) is 0 Å². The number of nitrogen functional groups attached to an aromatic ring is 1. The number of nitrogens with zero attached hydrogens (tertiary/aromatic N) is 4. The Morgan fingerprint density at radius 1 is 1.19 bits per heavy atom. The first kappa shape index (κ1) is 17.9. The van der Waals surface area contributed by atoms with Crippen LogP contribution >= 0.6 is 0 Å². The van der Waals surface area contributed by atoms with E-state index in [1.807, 2.05) is 6.92 Å². The topological polar surface area (TPSA) is 84.5 Å². The maximum absolute atomic E-state index is 12.6. The van der Waals surface area contributed by atoms with Gasteiger partial charge in [-0.15, -0.1) is 0 Å². The zero-order valence-corrected chi connectivity index (χ0v) is 14.2. The Hall–Kier alpha value is -1.12. The first-order chi connectivity index (χ1) is 9.86. The molecule has 0 saturated heterocycles.